The Labute approximate surface area is 218 Å². The van der Waals surface area contributed by atoms with Crippen LogP contribution in [0.15, 0.2) is 41.6 Å². The first kappa shape index (κ1) is 27.5. The Morgan fingerprint density at radius 3 is 2.61 bits per heavy atom. The predicted molar refractivity (Wildman–Crippen MR) is 136 cm³/mol. The number of carbonyl (C=O) groups is 1. The summed E-state index contributed by atoms with van der Waals surface area (Å²) < 4.78 is 41.8. The van der Waals surface area contributed by atoms with E-state index in [0.717, 1.165) is 30.4 Å². The number of halogens is 3. The zero-order chi connectivity index (χ0) is 27.7. The van der Waals surface area contributed by atoms with Crippen LogP contribution in [0.4, 0.5) is 18.9 Å². The van der Waals surface area contributed by atoms with Gasteiger partial charge < -0.3 is 19.8 Å². The fourth-order valence-electron chi connectivity index (χ4n) is 5.11. The van der Waals surface area contributed by atoms with E-state index in [-0.39, 0.29) is 17.7 Å². The molecule has 2 heterocycles. The number of carbonyl (C=O) groups excluding carboxylic acids is 1. The molecule has 2 N–H and O–H groups in total. The molecule has 0 saturated heterocycles. The molecule has 0 radical (unpaired) electrons. The minimum atomic E-state index is -4.63. The molecule has 3 aromatic rings. The van der Waals surface area contributed by atoms with Gasteiger partial charge in [-0.1, -0.05) is 32.9 Å². The number of aromatic nitrogens is 5. The summed E-state index contributed by atoms with van der Waals surface area (Å²) in [6.07, 6.45) is -0.239. The van der Waals surface area contributed by atoms with Crippen molar-refractivity contribution in [1.82, 2.24) is 29.6 Å². The van der Waals surface area contributed by atoms with Gasteiger partial charge in [0.15, 0.2) is 5.69 Å². The summed E-state index contributed by atoms with van der Waals surface area (Å²) in [7, 11) is 1.88. The molecule has 9 nitrogen and oxygen atoms in total. The van der Waals surface area contributed by atoms with Crippen LogP contribution in [0, 0.1) is 11.8 Å². The summed E-state index contributed by atoms with van der Waals surface area (Å²) in [4.78, 5) is 30.1. The van der Waals surface area contributed by atoms with Gasteiger partial charge >= 0.3 is 6.18 Å². The number of aryl methyl sites for hydroxylation is 1. The highest BCUT2D eigenvalue weighted by Gasteiger charge is 2.48. The van der Waals surface area contributed by atoms with Crippen LogP contribution >= 0.6 is 0 Å². The van der Waals surface area contributed by atoms with Crippen LogP contribution in [0.25, 0.3) is 0 Å². The highest BCUT2D eigenvalue weighted by Crippen LogP contribution is 2.51. The summed E-state index contributed by atoms with van der Waals surface area (Å²) in [6, 6.07) is 7.20. The van der Waals surface area contributed by atoms with E-state index < -0.39 is 29.9 Å². The van der Waals surface area contributed by atoms with Gasteiger partial charge in [0.1, 0.15) is 18.7 Å². The third kappa shape index (κ3) is 5.95. The standard InChI is InChI=1S/C26H32F3N7O2/c1-16(2)11-30-12-20-13-36(14-26(27,28)29)23(38)21(32-20)22(37)33-19-7-5-6-18(8-19)25(9-17(3)10-25)24-34-31-15-35(24)4/h5-8,13,15-17,30H,9-12,14H2,1-4H3,(H,33,37). The van der Waals surface area contributed by atoms with Gasteiger partial charge in [-0.2, -0.15) is 13.2 Å². The Kier molecular flexibility index (Phi) is 7.73. The van der Waals surface area contributed by atoms with E-state index in [1.165, 1.54) is 0 Å². The van der Waals surface area contributed by atoms with Gasteiger partial charge in [-0.05, 0) is 48.9 Å². The summed E-state index contributed by atoms with van der Waals surface area (Å²) in [5.41, 5.74) is -0.571. The van der Waals surface area contributed by atoms with Crippen molar-refractivity contribution in [2.45, 2.75) is 58.3 Å². The fraction of sp³-hybridized carbons (Fsp3) is 0.500. The van der Waals surface area contributed by atoms with Crippen LogP contribution in [-0.2, 0) is 25.6 Å². The van der Waals surface area contributed by atoms with Gasteiger partial charge in [0.25, 0.3) is 11.5 Å². The molecule has 1 fully saturated rings. The number of nitrogens with one attached hydrogen (secondary N) is 2. The lowest BCUT2D eigenvalue weighted by Crippen LogP contribution is -2.43. The number of alkyl halides is 3. The number of hydrogen-bond donors (Lipinski definition) is 2. The molecule has 38 heavy (non-hydrogen) atoms. The molecule has 2 aromatic heterocycles. The summed E-state index contributed by atoms with van der Waals surface area (Å²) in [5.74, 6) is 0.726. The fourth-order valence-corrected chi connectivity index (χ4v) is 5.11. The first-order chi connectivity index (χ1) is 17.9. The molecular weight excluding hydrogens is 499 g/mol. The highest BCUT2D eigenvalue weighted by molar-refractivity contribution is 6.02. The maximum atomic E-state index is 13.2. The van der Waals surface area contributed by atoms with Crippen LogP contribution < -0.4 is 16.2 Å². The lowest BCUT2D eigenvalue weighted by molar-refractivity contribution is -0.141. The average molecular weight is 532 g/mol. The van der Waals surface area contributed by atoms with Crippen molar-refractivity contribution < 1.29 is 18.0 Å². The van der Waals surface area contributed by atoms with Crippen molar-refractivity contribution in [2.75, 3.05) is 11.9 Å². The molecule has 0 spiro atoms. The van der Waals surface area contributed by atoms with Crippen LogP contribution in [0.2, 0.25) is 0 Å². The molecule has 1 saturated carbocycles. The molecule has 1 amide bonds. The third-order valence-electron chi connectivity index (χ3n) is 6.65. The number of hydrogen-bond acceptors (Lipinski definition) is 6. The average Bonchev–Trinajstić information content (AvgIpc) is 3.23. The quantitative estimate of drug-likeness (QED) is 0.437. The second-order valence-corrected chi connectivity index (χ2v) is 10.5. The van der Waals surface area contributed by atoms with E-state index in [0.29, 0.717) is 28.6 Å². The Balaban J connectivity index is 1.63. The molecule has 1 aliphatic carbocycles. The van der Waals surface area contributed by atoms with Gasteiger partial charge in [-0.25, -0.2) is 4.98 Å². The van der Waals surface area contributed by atoms with Gasteiger partial charge in [0.05, 0.1) is 11.1 Å². The summed E-state index contributed by atoms with van der Waals surface area (Å²) in [5, 5.41) is 14.1. The molecular formula is C26H32F3N7O2. The van der Waals surface area contributed by atoms with Gasteiger partial charge in [0.2, 0.25) is 0 Å². The molecule has 0 unspecified atom stereocenters. The predicted octanol–water partition coefficient (Wildman–Crippen LogP) is 3.65. The van der Waals surface area contributed by atoms with E-state index in [4.69, 9.17) is 0 Å². The normalized spacial score (nSPS) is 19.4. The number of rotatable bonds is 9. The van der Waals surface area contributed by atoms with Gasteiger partial charge in [0, 0.05) is 25.5 Å². The molecule has 1 aliphatic rings. The molecule has 0 atom stereocenters. The van der Waals surface area contributed by atoms with E-state index in [2.05, 4.69) is 32.7 Å². The smallest absolute Gasteiger partial charge is 0.320 e. The Bertz CT molecular complexity index is 1360. The van der Waals surface area contributed by atoms with Crippen molar-refractivity contribution in [3.05, 3.63) is 69.9 Å². The van der Waals surface area contributed by atoms with Crippen LogP contribution in [0.1, 0.15) is 61.2 Å². The molecule has 4 rings (SSSR count). The maximum Gasteiger partial charge on any atom is 0.406 e. The van der Waals surface area contributed by atoms with Crippen LogP contribution in [-0.4, -0.2) is 42.9 Å². The lowest BCUT2D eigenvalue weighted by atomic mass is 9.58. The van der Waals surface area contributed by atoms with Crippen molar-refractivity contribution in [3.8, 4) is 0 Å². The Morgan fingerprint density at radius 1 is 1.26 bits per heavy atom. The van der Waals surface area contributed by atoms with Crippen molar-refractivity contribution in [1.29, 1.82) is 0 Å². The molecule has 204 valence electrons. The first-order valence-corrected chi connectivity index (χ1v) is 12.5. The minimum Gasteiger partial charge on any atom is -0.320 e. The Morgan fingerprint density at radius 2 is 2.00 bits per heavy atom. The largest absolute Gasteiger partial charge is 0.406 e. The topological polar surface area (TPSA) is 107 Å². The molecule has 12 heteroatoms. The Hall–Kier alpha value is -3.54. The number of anilines is 1. The highest BCUT2D eigenvalue weighted by atomic mass is 19.4. The zero-order valence-corrected chi connectivity index (χ0v) is 21.8. The summed E-state index contributed by atoms with van der Waals surface area (Å²) >= 11 is 0. The number of benzene rings is 1. The van der Waals surface area contributed by atoms with Crippen molar-refractivity contribution in [2.24, 2.45) is 18.9 Å². The van der Waals surface area contributed by atoms with Gasteiger partial charge in [-0.3, -0.25) is 9.59 Å². The maximum absolute atomic E-state index is 13.2. The lowest BCUT2D eigenvalue weighted by Gasteiger charge is -2.46. The SMILES string of the molecule is CC(C)CNCc1cn(CC(F)(F)F)c(=O)c(C(=O)Nc2cccc(C3(c4nncn4C)CC(C)C3)c2)n1. The summed E-state index contributed by atoms with van der Waals surface area (Å²) in [6.45, 7) is 5.32. The van der Waals surface area contributed by atoms with E-state index in [1.807, 2.05) is 31.5 Å². The number of amides is 1. The molecule has 1 aromatic carbocycles. The monoisotopic (exact) mass is 531 g/mol. The van der Waals surface area contributed by atoms with E-state index in [1.54, 1.807) is 24.5 Å². The van der Waals surface area contributed by atoms with Gasteiger partial charge in [-0.15, -0.1) is 10.2 Å². The van der Waals surface area contributed by atoms with Crippen LogP contribution in [0.5, 0.6) is 0 Å². The zero-order valence-electron chi connectivity index (χ0n) is 21.8. The first-order valence-electron chi connectivity index (χ1n) is 12.5. The van der Waals surface area contributed by atoms with Crippen molar-refractivity contribution in [3.63, 3.8) is 0 Å². The van der Waals surface area contributed by atoms with E-state index >= 15 is 0 Å². The second kappa shape index (κ2) is 10.7. The second-order valence-electron chi connectivity index (χ2n) is 10.5. The van der Waals surface area contributed by atoms with Crippen LogP contribution in [0.3, 0.4) is 0 Å². The van der Waals surface area contributed by atoms with E-state index in [9.17, 15) is 22.8 Å². The third-order valence-corrected chi connectivity index (χ3v) is 6.65. The molecule has 0 aliphatic heterocycles. The number of nitrogens with zero attached hydrogens (tertiary/aromatic N) is 5. The minimum absolute atomic E-state index is 0.116. The molecule has 0 bridgehead atoms. The van der Waals surface area contributed by atoms with Crippen molar-refractivity contribution >= 4 is 11.6 Å².